The molecule has 6 heteroatoms. The molecule has 0 amide bonds. The Balaban J connectivity index is 1.78. The SMILES string of the molecule is CCc1ccc(NCc2nnc3n(CC)c(=O)c4ccccc4n23)cc1. The zero-order valence-corrected chi connectivity index (χ0v) is 14.9. The van der Waals surface area contributed by atoms with Crippen LogP contribution in [0.5, 0.6) is 0 Å². The van der Waals surface area contributed by atoms with E-state index in [4.69, 9.17) is 0 Å². The van der Waals surface area contributed by atoms with Crippen LogP contribution in [-0.4, -0.2) is 19.2 Å². The molecule has 2 aromatic heterocycles. The van der Waals surface area contributed by atoms with Crippen molar-refractivity contribution in [1.82, 2.24) is 19.2 Å². The molecule has 0 saturated carbocycles. The van der Waals surface area contributed by atoms with Crippen LogP contribution in [0.3, 0.4) is 0 Å². The van der Waals surface area contributed by atoms with Gasteiger partial charge in [-0.25, -0.2) is 0 Å². The van der Waals surface area contributed by atoms with Gasteiger partial charge in [0.25, 0.3) is 5.56 Å². The minimum atomic E-state index is -0.0299. The van der Waals surface area contributed by atoms with Crippen LogP contribution in [0, 0.1) is 0 Å². The maximum atomic E-state index is 12.7. The van der Waals surface area contributed by atoms with E-state index in [2.05, 4.69) is 46.7 Å². The van der Waals surface area contributed by atoms with Gasteiger partial charge in [-0.15, -0.1) is 10.2 Å². The summed E-state index contributed by atoms with van der Waals surface area (Å²) >= 11 is 0. The maximum Gasteiger partial charge on any atom is 0.262 e. The Bertz CT molecular complexity index is 1120. The Kier molecular flexibility index (Phi) is 4.16. The van der Waals surface area contributed by atoms with Gasteiger partial charge in [0.05, 0.1) is 17.4 Å². The van der Waals surface area contributed by atoms with Crippen LogP contribution in [0.1, 0.15) is 25.2 Å². The Morgan fingerprint density at radius 3 is 2.50 bits per heavy atom. The number of aromatic nitrogens is 4. The predicted molar refractivity (Wildman–Crippen MR) is 104 cm³/mol. The molecular formula is C20H21N5O. The first-order chi connectivity index (χ1) is 12.7. The summed E-state index contributed by atoms with van der Waals surface area (Å²) in [5.74, 6) is 1.35. The van der Waals surface area contributed by atoms with E-state index < -0.39 is 0 Å². The van der Waals surface area contributed by atoms with E-state index >= 15 is 0 Å². The summed E-state index contributed by atoms with van der Waals surface area (Å²) in [6.45, 7) is 5.16. The van der Waals surface area contributed by atoms with Crippen LogP contribution >= 0.6 is 0 Å². The largest absolute Gasteiger partial charge is 0.378 e. The van der Waals surface area contributed by atoms with Gasteiger partial charge in [0.15, 0.2) is 5.82 Å². The van der Waals surface area contributed by atoms with E-state index in [1.165, 1.54) is 5.56 Å². The lowest BCUT2D eigenvalue weighted by atomic mass is 10.1. The Morgan fingerprint density at radius 1 is 1.00 bits per heavy atom. The highest BCUT2D eigenvalue weighted by molar-refractivity contribution is 5.80. The smallest absolute Gasteiger partial charge is 0.262 e. The highest BCUT2D eigenvalue weighted by atomic mass is 16.1. The molecule has 0 atom stereocenters. The van der Waals surface area contributed by atoms with Gasteiger partial charge in [0.1, 0.15) is 0 Å². The van der Waals surface area contributed by atoms with E-state index in [-0.39, 0.29) is 5.56 Å². The van der Waals surface area contributed by atoms with Crippen molar-refractivity contribution < 1.29 is 0 Å². The first kappa shape index (κ1) is 16.3. The van der Waals surface area contributed by atoms with Gasteiger partial charge in [-0.1, -0.05) is 31.2 Å². The standard InChI is InChI=1S/C20H21N5O/c1-3-14-9-11-15(12-10-14)21-13-18-22-23-20-24(4-2)19(26)16-7-5-6-8-17(16)25(18)20/h5-12,21H,3-4,13H2,1-2H3. The van der Waals surface area contributed by atoms with Crippen molar-refractivity contribution in [2.24, 2.45) is 0 Å². The van der Waals surface area contributed by atoms with Gasteiger partial charge in [0.2, 0.25) is 5.78 Å². The number of anilines is 1. The molecular weight excluding hydrogens is 326 g/mol. The topological polar surface area (TPSA) is 64.2 Å². The Morgan fingerprint density at radius 2 is 1.77 bits per heavy atom. The summed E-state index contributed by atoms with van der Waals surface area (Å²) in [7, 11) is 0. The molecule has 0 aliphatic carbocycles. The zero-order chi connectivity index (χ0) is 18.1. The molecule has 0 bridgehead atoms. The molecule has 0 spiro atoms. The molecule has 1 N–H and O–H groups in total. The van der Waals surface area contributed by atoms with Gasteiger partial charge in [-0.3, -0.25) is 13.8 Å². The Hall–Kier alpha value is -3.15. The van der Waals surface area contributed by atoms with E-state index in [0.717, 1.165) is 23.4 Å². The van der Waals surface area contributed by atoms with Crippen molar-refractivity contribution in [2.45, 2.75) is 33.4 Å². The van der Waals surface area contributed by atoms with Crippen molar-refractivity contribution in [3.63, 3.8) is 0 Å². The molecule has 2 heterocycles. The number of benzene rings is 2. The quantitative estimate of drug-likeness (QED) is 0.602. The molecule has 132 valence electrons. The van der Waals surface area contributed by atoms with Crippen LogP contribution in [-0.2, 0) is 19.5 Å². The van der Waals surface area contributed by atoms with E-state index in [1.807, 2.05) is 35.6 Å². The van der Waals surface area contributed by atoms with Gasteiger partial charge in [-0.05, 0) is 43.2 Å². The monoisotopic (exact) mass is 347 g/mol. The summed E-state index contributed by atoms with van der Waals surface area (Å²) in [5, 5.41) is 12.7. The number of nitrogens with one attached hydrogen (secondary N) is 1. The molecule has 2 aromatic carbocycles. The van der Waals surface area contributed by atoms with Crippen LogP contribution < -0.4 is 10.9 Å². The first-order valence-electron chi connectivity index (χ1n) is 8.91. The minimum absolute atomic E-state index is 0.0299. The number of aryl methyl sites for hydroxylation is 2. The predicted octanol–water partition coefficient (Wildman–Crippen LogP) is 3.24. The van der Waals surface area contributed by atoms with Crippen molar-refractivity contribution in [1.29, 1.82) is 0 Å². The second-order valence-corrected chi connectivity index (χ2v) is 6.22. The fourth-order valence-electron chi connectivity index (χ4n) is 3.25. The van der Waals surface area contributed by atoms with Gasteiger partial charge < -0.3 is 5.32 Å². The number of fused-ring (bicyclic) bond motifs is 3. The Labute approximate surface area is 151 Å². The molecule has 4 aromatic rings. The molecule has 0 aliphatic heterocycles. The highest BCUT2D eigenvalue weighted by Crippen LogP contribution is 2.16. The highest BCUT2D eigenvalue weighted by Gasteiger charge is 2.15. The molecule has 0 fully saturated rings. The molecule has 0 radical (unpaired) electrons. The van der Waals surface area contributed by atoms with Crippen LogP contribution in [0.2, 0.25) is 0 Å². The normalized spacial score (nSPS) is 11.3. The van der Waals surface area contributed by atoms with Crippen LogP contribution in [0.4, 0.5) is 5.69 Å². The average molecular weight is 347 g/mol. The molecule has 0 saturated heterocycles. The van der Waals surface area contributed by atoms with Crippen molar-refractivity contribution >= 4 is 22.4 Å². The summed E-state index contributed by atoms with van der Waals surface area (Å²) < 4.78 is 3.63. The minimum Gasteiger partial charge on any atom is -0.378 e. The number of hydrogen-bond acceptors (Lipinski definition) is 4. The summed E-state index contributed by atoms with van der Waals surface area (Å²) in [6, 6.07) is 16.0. The number of rotatable bonds is 5. The third-order valence-electron chi connectivity index (χ3n) is 4.70. The molecule has 0 unspecified atom stereocenters. The molecule has 4 rings (SSSR count). The first-order valence-corrected chi connectivity index (χ1v) is 8.91. The number of para-hydroxylation sites is 1. The third-order valence-corrected chi connectivity index (χ3v) is 4.70. The summed E-state index contributed by atoms with van der Waals surface area (Å²) in [6.07, 6.45) is 1.02. The molecule has 0 aliphatic rings. The van der Waals surface area contributed by atoms with Crippen LogP contribution in [0.25, 0.3) is 16.7 Å². The van der Waals surface area contributed by atoms with Crippen LogP contribution in [0.15, 0.2) is 53.3 Å². The number of nitrogens with zero attached hydrogens (tertiary/aromatic N) is 4. The fourth-order valence-corrected chi connectivity index (χ4v) is 3.25. The maximum absolute atomic E-state index is 12.7. The van der Waals surface area contributed by atoms with Gasteiger partial charge >= 0.3 is 0 Å². The van der Waals surface area contributed by atoms with E-state index in [0.29, 0.717) is 24.3 Å². The summed E-state index contributed by atoms with van der Waals surface area (Å²) in [5.41, 5.74) is 3.14. The second kappa shape index (κ2) is 6.63. The lowest BCUT2D eigenvalue weighted by Gasteiger charge is -2.10. The zero-order valence-electron chi connectivity index (χ0n) is 14.9. The average Bonchev–Trinajstić information content (AvgIpc) is 3.11. The van der Waals surface area contributed by atoms with Gasteiger partial charge in [-0.2, -0.15) is 0 Å². The lowest BCUT2D eigenvalue weighted by molar-refractivity contribution is 0.734. The lowest BCUT2D eigenvalue weighted by Crippen LogP contribution is -2.22. The third kappa shape index (κ3) is 2.63. The summed E-state index contributed by atoms with van der Waals surface area (Å²) in [4.78, 5) is 12.7. The van der Waals surface area contributed by atoms with Crippen molar-refractivity contribution in [3.8, 4) is 0 Å². The van der Waals surface area contributed by atoms with E-state index in [9.17, 15) is 4.79 Å². The van der Waals surface area contributed by atoms with Crippen molar-refractivity contribution in [3.05, 3.63) is 70.3 Å². The molecule has 26 heavy (non-hydrogen) atoms. The van der Waals surface area contributed by atoms with Gasteiger partial charge in [0, 0.05) is 12.2 Å². The van der Waals surface area contributed by atoms with Crippen molar-refractivity contribution in [2.75, 3.05) is 5.32 Å². The number of hydrogen-bond donors (Lipinski definition) is 1. The fraction of sp³-hybridized carbons (Fsp3) is 0.250. The molecule has 6 nitrogen and oxygen atoms in total. The van der Waals surface area contributed by atoms with E-state index in [1.54, 1.807) is 4.57 Å². The second-order valence-electron chi connectivity index (χ2n) is 6.22.